The largest absolute Gasteiger partial charge is 0.399 e. The van der Waals surface area contributed by atoms with Gasteiger partial charge in [0.2, 0.25) is 11.9 Å². The average molecular weight is 401 g/mol. The Hall–Kier alpha value is -3.86. The molecule has 8 nitrogen and oxygen atoms in total. The van der Waals surface area contributed by atoms with Crippen LogP contribution >= 0.6 is 0 Å². The first-order chi connectivity index (χ1) is 14.4. The molecule has 2 aromatic carbocycles. The Labute approximate surface area is 174 Å². The van der Waals surface area contributed by atoms with E-state index in [2.05, 4.69) is 21.6 Å². The molecule has 0 saturated carbocycles. The average Bonchev–Trinajstić information content (AvgIpc) is 3.15. The maximum Gasteiger partial charge on any atom is 0.229 e. The van der Waals surface area contributed by atoms with E-state index in [1.807, 2.05) is 25.1 Å². The highest BCUT2D eigenvalue weighted by atomic mass is 16.1. The first-order valence-electron chi connectivity index (χ1n) is 9.80. The second kappa shape index (κ2) is 7.87. The second-order valence-corrected chi connectivity index (χ2v) is 7.55. The zero-order valence-electron chi connectivity index (χ0n) is 16.9. The summed E-state index contributed by atoms with van der Waals surface area (Å²) < 4.78 is 0. The molecule has 1 atom stereocenters. The van der Waals surface area contributed by atoms with Crippen molar-refractivity contribution in [3.05, 3.63) is 47.5 Å². The highest BCUT2D eigenvalue weighted by Crippen LogP contribution is 2.31. The van der Waals surface area contributed by atoms with Crippen molar-refractivity contribution in [2.45, 2.75) is 26.3 Å². The summed E-state index contributed by atoms with van der Waals surface area (Å²) in [6.07, 6.45) is 0.862. The summed E-state index contributed by atoms with van der Waals surface area (Å²) in [6.45, 7) is 5.04. The van der Waals surface area contributed by atoms with Crippen molar-refractivity contribution in [2.24, 2.45) is 0 Å². The van der Waals surface area contributed by atoms with Gasteiger partial charge < -0.3 is 21.3 Å². The number of carbonyl (C=O) groups is 1. The number of nitrogens with one attached hydrogen (secondary N) is 2. The van der Waals surface area contributed by atoms with Crippen LogP contribution in [0, 0.1) is 18.3 Å². The number of hydrogen-bond donors (Lipinski definition) is 3. The van der Waals surface area contributed by atoms with Gasteiger partial charge in [-0.2, -0.15) is 10.2 Å². The molecule has 3 aromatic rings. The molecule has 1 unspecified atom stereocenters. The van der Waals surface area contributed by atoms with Gasteiger partial charge in [-0.1, -0.05) is 12.1 Å². The van der Waals surface area contributed by atoms with Crippen molar-refractivity contribution in [3.63, 3.8) is 0 Å². The van der Waals surface area contributed by atoms with Gasteiger partial charge in [0.1, 0.15) is 5.82 Å². The fraction of sp³-hybridized carbons (Fsp3) is 0.273. The first kappa shape index (κ1) is 19.5. The number of nitrogens with zero attached hydrogens (tertiary/aromatic N) is 4. The van der Waals surface area contributed by atoms with Crippen LogP contribution in [-0.4, -0.2) is 35.0 Å². The van der Waals surface area contributed by atoms with Gasteiger partial charge in [0.25, 0.3) is 0 Å². The Morgan fingerprint density at radius 2 is 2.13 bits per heavy atom. The van der Waals surface area contributed by atoms with Gasteiger partial charge in [-0.3, -0.25) is 4.79 Å². The number of para-hydroxylation sites is 1. The Bertz CT molecular complexity index is 1170. The molecule has 1 aliphatic rings. The van der Waals surface area contributed by atoms with E-state index in [-0.39, 0.29) is 11.9 Å². The van der Waals surface area contributed by atoms with E-state index in [0.29, 0.717) is 29.4 Å². The molecular formula is C22H23N7O. The number of benzene rings is 2. The molecule has 2 heterocycles. The molecule has 0 aliphatic carbocycles. The van der Waals surface area contributed by atoms with E-state index in [0.717, 1.165) is 35.2 Å². The first-order valence-corrected chi connectivity index (χ1v) is 9.80. The van der Waals surface area contributed by atoms with Crippen molar-refractivity contribution in [1.29, 1.82) is 5.26 Å². The minimum Gasteiger partial charge on any atom is -0.399 e. The normalized spacial score (nSPS) is 15.8. The summed E-state index contributed by atoms with van der Waals surface area (Å²) in [6, 6.07) is 13.3. The zero-order valence-corrected chi connectivity index (χ0v) is 16.9. The van der Waals surface area contributed by atoms with E-state index in [9.17, 15) is 10.1 Å². The van der Waals surface area contributed by atoms with Crippen LogP contribution in [0.15, 0.2) is 36.4 Å². The monoisotopic (exact) mass is 401 g/mol. The lowest BCUT2D eigenvalue weighted by Crippen LogP contribution is -2.35. The van der Waals surface area contributed by atoms with Crippen LogP contribution in [0.5, 0.6) is 0 Å². The van der Waals surface area contributed by atoms with Crippen molar-refractivity contribution in [2.75, 3.05) is 29.0 Å². The standard InChI is InChI=1S/C22H23N7O/c1-13-4-3-5-19-20(13)27-22(26-18-9-15(11-23)8-16(24)10-18)28-21(19)29-7-6-17(12-29)25-14(2)30/h3-5,8-10,17H,6-7,12,24H2,1-2H3,(H,25,30)(H,26,27,28). The number of aryl methyl sites for hydroxylation is 1. The fourth-order valence-corrected chi connectivity index (χ4v) is 3.85. The number of amides is 1. The number of aromatic nitrogens is 2. The van der Waals surface area contributed by atoms with Gasteiger partial charge in [-0.15, -0.1) is 0 Å². The minimum atomic E-state index is -0.0254. The molecule has 4 rings (SSSR count). The van der Waals surface area contributed by atoms with Gasteiger partial charge in [0.05, 0.1) is 17.1 Å². The van der Waals surface area contributed by atoms with Gasteiger partial charge in [-0.05, 0) is 43.2 Å². The number of hydrogen-bond acceptors (Lipinski definition) is 7. The number of nitrogens with two attached hydrogens (primary N) is 1. The molecule has 8 heteroatoms. The zero-order chi connectivity index (χ0) is 21.3. The van der Waals surface area contributed by atoms with E-state index >= 15 is 0 Å². The lowest BCUT2D eigenvalue weighted by Gasteiger charge is -2.21. The van der Waals surface area contributed by atoms with Crippen LogP contribution in [0.1, 0.15) is 24.5 Å². The number of anilines is 4. The van der Waals surface area contributed by atoms with Crippen LogP contribution in [-0.2, 0) is 4.79 Å². The van der Waals surface area contributed by atoms with Crippen molar-refractivity contribution in [1.82, 2.24) is 15.3 Å². The minimum absolute atomic E-state index is 0.0254. The molecule has 0 bridgehead atoms. The molecule has 1 fully saturated rings. The van der Waals surface area contributed by atoms with E-state index in [1.54, 1.807) is 18.2 Å². The summed E-state index contributed by atoms with van der Waals surface area (Å²) in [4.78, 5) is 23.1. The summed E-state index contributed by atoms with van der Waals surface area (Å²) >= 11 is 0. The van der Waals surface area contributed by atoms with Crippen LogP contribution in [0.4, 0.5) is 23.1 Å². The Balaban J connectivity index is 1.74. The van der Waals surface area contributed by atoms with Crippen LogP contribution in [0.3, 0.4) is 0 Å². The SMILES string of the molecule is CC(=O)NC1CCN(c2nc(Nc3cc(N)cc(C#N)c3)nc3c(C)cccc23)C1. The van der Waals surface area contributed by atoms with E-state index in [1.165, 1.54) is 6.92 Å². The van der Waals surface area contributed by atoms with Crippen molar-refractivity contribution >= 4 is 40.0 Å². The molecular weight excluding hydrogens is 378 g/mol. The number of carbonyl (C=O) groups excluding carboxylic acids is 1. The highest BCUT2D eigenvalue weighted by molar-refractivity contribution is 5.93. The van der Waals surface area contributed by atoms with Gasteiger partial charge in [0.15, 0.2) is 0 Å². The Morgan fingerprint density at radius 1 is 1.30 bits per heavy atom. The maximum atomic E-state index is 11.4. The summed E-state index contributed by atoms with van der Waals surface area (Å²) in [5.74, 6) is 1.23. The molecule has 0 radical (unpaired) electrons. The number of nitriles is 1. The predicted molar refractivity (Wildman–Crippen MR) is 118 cm³/mol. The third-order valence-corrected chi connectivity index (χ3v) is 5.14. The number of rotatable bonds is 4. The topological polar surface area (TPSA) is 120 Å². The van der Waals surface area contributed by atoms with Crippen LogP contribution in [0.25, 0.3) is 10.9 Å². The summed E-state index contributed by atoms with van der Waals surface area (Å²) in [7, 11) is 0. The quantitative estimate of drug-likeness (QED) is 0.575. The van der Waals surface area contributed by atoms with Crippen molar-refractivity contribution < 1.29 is 4.79 Å². The van der Waals surface area contributed by atoms with Gasteiger partial charge in [-0.25, -0.2) is 4.98 Å². The predicted octanol–water partition coefficient (Wildman–Crippen LogP) is 2.85. The third-order valence-electron chi connectivity index (χ3n) is 5.14. The number of nitrogen functional groups attached to an aromatic ring is 1. The maximum absolute atomic E-state index is 11.4. The molecule has 152 valence electrons. The lowest BCUT2D eigenvalue weighted by atomic mass is 10.1. The third kappa shape index (κ3) is 3.96. The van der Waals surface area contributed by atoms with Gasteiger partial charge >= 0.3 is 0 Å². The fourth-order valence-electron chi connectivity index (χ4n) is 3.85. The highest BCUT2D eigenvalue weighted by Gasteiger charge is 2.26. The molecule has 30 heavy (non-hydrogen) atoms. The second-order valence-electron chi connectivity index (χ2n) is 7.55. The Kier molecular flexibility index (Phi) is 5.11. The van der Waals surface area contributed by atoms with Crippen LogP contribution in [0.2, 0.25) is 0 Å². The van der Waals surface area contributed by atoms with E-state index < -0.39 is 0 Å². The van der Waals surface area contributed by atoms with Crippen LogP contribution < -0.4 is 21.3 Å². The molecule has 1 amide bonds. The van der Waals surface area contributed by atoms with Crippen molar-refractivity contribution in [3.8, 4) is 6.07 Å². The summed E-state index contributed by atoms with van der Waals surface area (Å²) in [5.41, 5.74) is 9.43. The molecule has 1 saturated heterocycles. The molecule has 4 N–H and O–H groups in total. The molecule has 0 spiro atoms. The lowest BCUT2D eigenvalue weighted by molar-refractivity contribution is -0.119. The summed E-state index contributed by atoms with van der Waals surface area (Å²) in [5, 5.41) is 16.4. The smallest absolute Gasteiger partial charge is 0.229 e. The molecule has 1 aliphatic heterocycles. The number of fused-ring (bicyclic) bond motifs is 1. The van der Waals surface area contributed by atoms with Gasteiger partial charge in [0, 0.05) is 42.8 Å². The molecule has 1 aromatic heterocycles. The van der Waals surface area contributed by atoms with E-state index in [4.69, 9.17) is 15.7 Å². The Morgan fingerprint density at radius 3 is 2.90 bits per heavy atom.